The van der Waals surface area contributed by atoms with Crippen LogP contribution in [0.2, 0.25) is 0 Å². The maximum Gasteiger partial charge on any atom is 0.349 e. The smallest absolute Gasteiger partial charge is 0.349 e. The summed E-state index contributed by atoms with van der Waals surface area (Å²) in [4.78, 5) is 12.0. The van der Waals surface area contributed by atoms with Gasteiger partial charge in [0, 0.05) is 12.1 Å². The van der Waals surface area contributed by atoms with Crippen LogP contribution < -0.4 is 15.2 Å². The van der Waals surface area contributed by atoms with Crippen LogP contribution in [-0.4, -0.2) is 18.2 Å². The fourth-order valence-corrected chi connectivity index (χ4v) is 2.46. The second-order valence-corrected chi connectivity index (χ2v) is 6.87. The van der Waals surface area contributed by atoms with E-state index in [9.17, 15) is 9.18 Å². The van der Waals surface area contributed by atoms with Crippen LogP contribution >= 0.6 is 0 Å². The van der Waals surface area contributed by atoms with Crippen LogP contribution in [0.3, 0.4) is 0 Å². The third-order valence-electron chi connectivity index (χ3n) is 3.93. The summed E-state index contributed by atoms with van der Waals surface area (Å²) in [5, 5.41) is 0. The lowest BCUT2D eigenvalue weighted by atomic mass is 10.1. The van der Waals surface area contributed by atoms with Gasteiger partial charge in [-0.3, -0.25) is 0 Å². The van der Waals surface area contributed by atoms with Crippen molar-refractivity contribution in [3.63, 3.8) is 0 Å². The van der Waals surface area contributed by atoms with Crippen molar-refractivity contribution in [3.8, 4) is 17.2 Å². The first-order chi connectivity index (χ1) is 12.6. The van der Waals surface area contributed by atoms with E-state index < -0.39 is 17.4 Å². The first-order valence-corrected chi connectivity index (χ1v) is 8.83. The van der Waals surface area contributed by atoms with Gasteiger partial charge in [0.2, 0.25) is 0 Å². The molecule has 0 spiro atoms. The molecule has 2 aromatic rings. The van der Waals surface area contributed by atoms with E-state index in [1.165, 1.54) is 12.1 Å². The Balaban J connectivity index is 2.19. The Bertz CT molecular complexity index is 818. The summed E-state index contributed by atoms with van der Waals surface area (Å²) in [5.74, 6) is 0.578. The monoisotopic (exact) mass is 375 g/mol. The van der Waals surface area contributed by atoms with Gasteiger partial charge < -0.3 is 19.9 Å². The number of carbonyl (C=O) groups is 1. The lowest BCUT2D eigenvalue weighted by Crippen LogP contribution is -2.39. The number of hydrogen-bond acceptors (Lipinski definition) is 5. The summed E-state index contributed by atoms with van der Waals surface area (Å²) in [6, 6.07) is 9.25. The van der Waals surface area contributed by atoms with Crippen molar-refractivity contribution in [2.24, 2.45) is 5.73 Å². The molecule has 0 aliphatic rings. The number of carbonyl (C=O) groups excluding carboxylic acids is 1. The molecule has 0 aliphatic carbocycles. The summed E-state index contributed by atoms with van der Waals surface area (Å²) in [7, 11) is 0. The van der Waals surface area contributed by atoms with Crippen LogP contribution in [0.4, 0.5) is 4.39 Å². The van der Waals surface area contributed by atoms with E-state index in [4.69, 9.17) is 19.9 Å². The zero-order chi connectivity index (χ0) is 20.2. The first kappa shape index (κ1) is 20.7. The van der Waals surface area contributed by atoms with E-state index in [0.717, 1.165) is 5.56 Å². The van der Waals surface area contributed by atoms with Crippen LogP contribution in [0.15, 0.2) is 36.4 Å². The molecule has 27 heavy (non-hydrogen) atoms. The number of esters is 1. The van der Waals surface area contributed by atoms with Crippen molar-refractivity contribution in [2.45, 2.75) is 46.3 Å². The summed E-state index contributed by atoms with van der Waals surface area (Å²) in [5.41, 5.74) is 6.13. The normalized spacial score (nSPS) is 12.4. The highest BCUT2D eigenvalue weighted by Crippen LogP contribution is 2.31. The van der Waals surface area contributed by atoms with Gasteiger partial charge in [-0.15, -0.1) is 0 Å². The first-order valence-electron chi connectivity index (χ1n) is 8.83. The number of aryl methyl sites for hydroxylation is 1. The topological polar surface area (TPSA) is 70.8 Å². The van der Waals surface area contributed by atoms with Crippen molar-refractivity contribution >= 4 is 5.97 Å². The minimum Gasteiger partial charge on any atom is -0.476 e. The quantitative estimate of drug-likeness (QED) is 0.712. The third kappa shape index (κ3) is 5.44. The molecular weight excluding hydrogens is 349 g/mol. The van der Waals surface area contributed by atoms with Gasteiger partial charge in [-0.25, -0.2) is 9.18 Å². The minimum atomic E-state index is -1.11. The van der Waals surface area contributed by atoms with Crippen molar-refractivity contribution in [3.05, 3.63) is 53.3 Å². The third-order valence-corrected chi connectivity index (χ3v) is 3.93. The molecule has 146 valence electrons. The van der Waals surface area contributed by atoms with Crippen LogP contribution in [-0.2, 0) is 9.53 Å². The van der Waals surface area contributed by atoms with Crippen LogP contribution in [0.25, 0.3) is 0 Å². The zero-order valence-corrected chi connectivity index (χ0v) is 16.3. The second kappa shape index (κ2) is 8.39. The van der Waals surface area contributed by atoms with Crippen LogP contribution in [0, 0.1) is 12.7 Å². The molecule has 2 aromatic carbocycles. The number of hydrogen-bond donors (Lipinski definition) is 1. The van der Waals surface area contributed by atoms with Crippen molar-refractivity contribution < 1.29 is 23.4 Å². The van der Waals surface area contributed by atoms with Crippen LogP contribution in [0.5, 0.6) is 17.2 Å². The summed E-state index contributed by atoms with van der Waals surface area (Å²) in [6.45, 7) is 8.94. The predicted octanol–water partition coefficient (Wildman–Crippen LogP) is 4.67. The average molecular weight is 375 g/mol. The predicted molar refractivity (Wildman–Crippen MR) is 102 cm³/mol. The number of ether oxygens (including phenoxy) is 3. The molecule has 0 fully saturated rings. The summed E-state index contributed by atoms with van der Waals surface area (Å²) in [6.07, 6.45) is 0. The molecule has 0 radical (unpaired) electrons. The highest BCUT2D eigenvalue weighted by atomic mass is 19.1. The van der Waals surface area contributed by atoms with Gasteiger partial charge in [0.25, 0.3) is 0 Å². The van der Waals surface area contributed by atoms with Gasteiger partial charge in [0.15, 0.2) is 5.60 Å². The minimum absolute atomic E-state index is 0.286. The molecule has 2 N–H and O–H groups in total. The highest BCUT2D eigenvalue weighted by Gasteiger charge is 2.32. The second-order valence-electron chi connectivity index (χ2n) is 6.87. The Morgan fingerprint density at radius 1 is 1.19 bits per heavy atom. The van der Waals surface area contributed by atoms with Crippen molar-refractivity contribution in [1.29, 1.82) is 0 Å². The van der Waals surface area contributed by atoms with Crippen LogP contribution in [0.1, 0.15) is 44.9 Å². The molecule has 0 unspecified atom stereocenters. The number of benzene rings is 2. The molecule has 0 heterocycles. The largest absolute Gasteiger partial charge is 0.476 e. The summed E-state index contributed by atoms with van der Waals surface area (Å²) >= 11 is 0. The van der Waals surface area contributed by atoms with E-state index in [1.807, 2.05) is 6.92 Å². The van der Waals surface area contributed by atoms with Gasteiger partial charge in [-0.2, -0.15) is 0 Å². The fraction of sp³-hybridized carbons (Fsp3) is 0.381. The fourth-order valence-electron chi connectivity index (χ4n) is 2.46. The Labute approximate surface area is 159 Å². The Morgan fingerprint density at radius 2 is 1.89 bits per heavy atom. The lowest BCUT2D eigenvalue weighted by Gasteiger charge is -2.25. The van der Waals surface area contributed by atoms with Gasteiger partial charge in [-0.1, -0.05) is 0 Å². The average Bonchev–Trinajstić information content (AvgIpc) is 2.57. The molecule has 0 aromatic heterocycles. The Morgan fingerprint density at radius 3 is 2.48 bits per heavy atom. The number of rotatable bonds is 7. The molecule has 0 aliphatic heterocycles. The maximum absolute atomic E-state index is 13.8. The molecule has 5 nitrogen and oxygen atoms in total. The van der Waals surface area contributed by atoms with Gasteiger partial charge in [-0.05, 0) is 76.1 Å². The van der Waals surface area contributed by atoms with E-state index in [0.29, 0.717) is 22.8 Å². The molecule has 0 bridgehead atoms. The van der Waals surface area contributed by atoms with Gasteiger partial charge >= 0.3 is 5.97 Å². The molecule has 2 rings (SSSR count). The standard InChI is InChI=1S/C21H26FNO4/c1-6-25-20(24)21(4,5)27-19-8-7-17(9-13(19)2)26-18-11-15(14(3)23)10-16(22)12-18/h7-12,14H,6,23H2,1-5H3/t14-/m1/s1. The van der Waals surface area contributed by atoms with E-state index in [-0.39, 0.29) is 12.6 Å². The molecular formula is C21H26FNO4. The van der Waals surface area contributed by atoms with E-state index >= 15 is 0 Å². The van der Waals surface area contributed by atoms with Crippen molar-refractivity contribution in [2.75, 3.05) is 6.61 Å². The number of halogens is 1. The molecule has 1 atom stereocenters. The van der Waals surface area contributed by atoms with Gasteiger partial charge in [0.1, 0.15) is 23.1 Å². The van der Waals surface area contributed by atoms with Gasteiger partial charge in [0.05, 0.1) is 6.61 Å². The zero-order valence-electron chi connectivity index (χ0n) is 16.3. The summed E-state index contributed by atoms with van der Waals surface area (Å²) < 4.78 is 30.4. The molecule has 0 amide bonds. The lowest BCUT2D eigenvalue weighted by molar-refractivity contribution is -0.158. The van der Waals surface area contributed by atoms with E-state index in [2.05, 4.69) is 0 Å². The maximum atomic E-state index is 13.8. The molecule has 6 heteroatoms. The Hall–Kier alpha value is -2.60. The highest BCUT2D eigenvalue weighted by molar-refractivity contribution is 5.79. The Kier molecular flexibility index (Phi) is 6.44. The molecule has 0 saturated carbocycles. The SMILES string of the molecule is CCOC(=O)C(C)(C)Oc1ccc(Oc2cc(F)cc([C@@H](C)N)c2)cc1C. The number of nitrogens with two attached hydrogens (primary N) is 1. The van der Waals surface area contributed by atoms with E-state index in [1.54, 1.807) is 52.0 Å². The molecule has 0 saturated heterocycles. The van der Waals surface area contributed by atoms with Crippen molar-refractivity contribution in [1.82, 2.24) is 0 Å².